The molecule has 1 saturated carbocycles. The monoisotopic (exact) mass is 393 g/mol. The number of ether oxygens (including phenoxy) is 1. The summed E-state index contributed by atoms with van der Waals surface area (Å²) in [4.78, 5) is 2.06. The van der Waals surface area contributed by atoms with Crippen LogP contribution in [0, 0.1) is 23.4 Å². The van der Waals surface area contributed by atoms with Crippen LogP contribution in [0.2, 0.25) is 0 Å². The van der Waals surface area contributed by atoms with Gasteiger partial charge >= 0.3 is 0 Å². The predicted octanol–water partition coefficient (Wildman–Crippen LogP) is 3.26. The Balaban J connectivity index is 1.33. The van der Waals surface area contributed by atoms with E-state index >= 15 is 0 Å². The van der Waals surface area contributed by atoms with Gasteiger partial charge in [0, 0.05) is 32.0 Å². The molecule has 4 nitrogen and oxygen atoms in total. The number of fused-ring (bicyclic) bond motifs is 1. The highest BCUT2D eigenvalue weighted by atomic mass is 19.1. The van der Waals surface area contributed by atoms with Gasteiger partial charge in [0.15, 0.2) is 29.0 Å². The average Bonchev–Trinajstić information content (AvgIpc) is 3.10. The van der Waals surface area contributed by atoms with Gasteiger partial charge in [-0.25, -0.2) is 13.2 Å². The van der Waals surface area contributed by atoms with E-state index in [4.69, 9.17) is 4.74 Å². The molecule has 0 radical (unpaired) electrons. The molecule has 3 atom stereocenters. The summed E-state index contributed by atoms with van der Waals surface area (Å²) in [6, 6.07) is 8.49. The van der Waals surface area contributed by atoms with Crippen molar-refractivity contribution in [2.45, 2.75) is 31.0 Å². The molecule has 0 aromatic heterocycles. The standard InChI is InChI=1S/C21H22F3NO3/c22-16-3-1-2-4-19(16)28-15-9-14-11-25(12-21(14,27)10-15)6-5-13-7-17(23)20(26)18(24)8-13/h1-4,7-8,14-15,26-27H,5-6,9-12H2/t14-,15+,21-/m1/s1. The third kappa shape index (κ3) is 3.69. The first-order valence-corrected chi connectivity index (χ1v) is 9.37. The number of hydrogen-bond acceptors (Lipinski definition) is 4. The Bertz CT molecular complexity index is 855. The predicted molar refractivity (Wildman–Crippen MR) is 96.7 cm³/mol. The van der Waals surface area contributed by atoms with E-state index in [0.29, 0.717) is 44.5 Å². The van der Waals surface area contributed by atoms with Gasteiger partial charge < -0.3 is 14.9 Å². The second kappa shape index (κ2) is 7.29. The molecule has 2 N–H and O–H groups in total. The number of halogens is 3. The molecule has 0 amide bonds. The SMILES string of the molecule is Oc1c(F)cc(CCN2C[C@H]3C[C@H](Oc4ccccc4F)C[C@@]3(O)C2)cc1F. The first kappa shape index (κ1) is 19.1. The van der Waals surface area contributed by atoms with Gasteiger partial charge in [0.2, 0.25) is 0 Å². The number of β-amino-alcohol motifs (C(OH)–C–C–N with tert-alkyl or cyclic N) is 1. The molecule has 0 unspecified atom stereocenters. The molecular formula is C21H22F3NO3. The van der Waals surface area contributed by atoms with Crippen molar-refractivity contribution in [2.75, 3.05) is 19.6 Å². The van der Waals surface area contributed by atoms with E-state index in [1.807, 2.05) is 0 Å². The van der Waals surface area contributed by atoms with Crippen LogP contribution in [-0.2, 0) is 6.42 Å². The van der Waals surface area contributed by atoms with Crippen LogP contribution in [0.3, 0.4) is 0 Å². The van der Waals surface area contributed by atoms with E-state index in [9.17, 15) is 23.4 Å². The smallest absolute Gasteiger partial charge is 0.187 e. The molecule has 1 saturated heterocycles. The maximum Gasteiger partial charge on any atom is 0.187 e. The van der Waals surface area contributed by atoms with Crippen LogP contribution in [0.25, 0.3) is 0 Å². The molecule has 4 rings (SSSR count). The van der Waals surface area contributed by atoms with Crippen LogP contribution in [0.1, 0.15) is 18.4 Å². The largest absolute Gasteiger partial charge is 0.503 e. The summed E-state index contributed by atoms with van der Waals surface area (Å²) < 4.78 is 46.4. The zero-order valence-corrected chi connectivity index (χ0v) is 15.2. The maximum absolute atomic E-state index is 13.8. The number of aromatic hydroxyl groups is 1. The highest BCUT2D eigenvalue weighted by Gasteiger charge is 2.52. The second-order valence-corrected chi connectivity index (χ2v) is 7.80. The van der Waals surface area contributed by atoms with Gasteiger partial charge in [-0.15, -0.1) is 0 Å². The Morgan fingerprint density at radius 3 is 2.50 bits per heavy atom. The quantitative estimate of drug-likeness (QED) is 0.819. The van der Waals surface area contributed by atoms with Crippen LogP contribution in [0.5, 0.6) is 11.5 Å². The van der Waals surface area contributed by atoms with Crippen molar-refractivity contribution >= 4 is 0 Å². The lowest BCUT2D eigenvalue weighted by molar-refractivity contribution is 0.0218. The van der Waals surface area contributed by atoms with E-state index < -0.39 is 28.8 Å². The third-order valence-electron chi connectivity index (χ3n) is 5.79. The van der Waals surface area contributed by atoms with Crippen LogP contribution >= 0.6 is 0 Å². The number of rotatable bonds is 5. The van der Waals surface area contributed by atoms with Crippen molar-refractivity contribution in [3.63, 3.8) is 0 Å². The van der Waals surface area contributed by atoms with Gasteiger partial charge in [-0.1, -0.05) is 12.1 Å². The highest BCUT2D eigenvalue weighted by molar-refractivity contribution is 5.30. The van der Waals surface area contributed by atoms with Crippen molar-refractivity contribution in [1.82, 2.24) is 4.90 Å². The molecule has 1 heterocycles. The normalized spacial score (nSPS) is 27.1. The number of phenolic OH excluding ortho intramolecular Hbond substituents is 1. The minimum Gasteiger partial charge on any atom is -0.503 e. The van der Waals surface area contributed by atoms with Crippen molar-refractivity contribution in [3.05, 3.63) is 59.4 Å². The summed E-state index contributed by atoms with van der Waals surface area (Å²) in [6.45, 7) is 1.63. The molecule has 2 aromatic carbocycles. The van der Waals surface area contributed by atoms with Gasteiger partial charge in [-0.05, 0) is 42.7 Å². The zero-order chi connectivity index (χ0) is 19.9. The van der Waals surface area contributed by atoms with Crippen LogP contribution in [0.15, 0.2) is 36.4 Å². The molecule has 7 heteroatoms. The van der Waals surface area contributed by atoms with Crippen molar-refractivity contribution in [2.24, 2.45) is 5.92 Å². The van der Waals surface area contributed by atoms with E-state index in [1.54, 1.807) is 18.2 Å². The summed E-state index contributed by atoms with van der Waals surface area (Å²) >= 11 is 0. The first-order valence-electron chi connectivity index (χ1n) is 9.37. The van der Waals surface area contributed by atoms with E-state index in [2.05, 4.69) is 4.90 Å². The van der Waals surface area contributed by atoms with Crippen molar-refractivity contribution < 1.29 is 28.1 Å². The van der Waals surface area contributed by atoms with Gasteiger partial charge in [0.05, 0.1) is 5.60 Å². The third-order valence-corrected chi connectivity index (χ3v) is 5.79. The molecule has 0 bridgehead atoms. The topological polar surface area (TPSA) is 52.9 Å². The van der Waals surface area contributed by atoms with Gasteiger partial charge in [0.1, 0.15) is 6.10 Å². The Morgan fingerprint density at radius 2 is 1.82 bits per heavy atom. The molecule has 2 aromatic rings. The van der Waals surface area contributed by atoms with Gasteiger partial charge in [-0.3, -0.25) is 4.90 Å². The Hall–Kier alpha value is -2.25. The van der Waals surface area contributed by atoms with Crippen LogP contribution < -0.4 is 4.74 Å². The fraction of sp³-hybridized carbons (Fsp3) is 0.429. The molecule has 150 valence electrons. The number of benzene rings is 2. The number of phenols is 1. The summed E-state index contributed by atoms with van der Waals surface area (Å²) in [5, 5.41) is 20.1. The Labute approximate surface area is 161 Å². The molecule has 0 spiro atoms. The number of hydrogen-bond donors (Lipinski definition) is 2. The number of likely N-dealkylation sites (tertiary alicyclic amines) is 1. The lowest BCUT2D eigenvalue weighted by Crippen LogP contribution is -2.36. The summed E-state index contributed by atoms with van der Waals surface area (Å²) in [5.41, 5.74) is -0.445. The van der Waals surface area contributed by atoms with E-state index in [-0.39, 0.29) is 17.8 Å². The van der Waals surface area contributed by atoms with Crippen LogP contribution in [-0.4, -0.2) is 46.5 Å². The molecule has 1 aliphatic heterocycles. The average molecular weight is 393 g/mol. The van der Waals surface area contributed by atoms with Gasteiger partial charge in [-0.2, -0.15) is 0 Å². The minimum absolute atomic E-state index is 0.0116. The molecule has 2 aliphatic rings. The first-order chi connectivity index (χ1) is 13.3. The lowest BCUT2D eigenvalue weighted by Gasteiger charge is -2.23. The number of para-hydroxylation sites is 1. The van der Waals surface area contributed by atoms with Crippen molar-refractivity contribution in [3.8, 4) is 11.5 Å². The molecule has 1 aliphatic carbocycles. The van der Waals surface area contributed by atoms with E-state index in [1.165, 1.54) is 6.07 Å². The Kier molecular flexibility index (Phi) is 4.97. The number of aliphatic hydroxyl groups is 1. The zero-order valence-electron chi connectivity index (χ0n) is 15.2. The van der Waals surface area contributed by atoms with Crippen LogP contribution in [0.4, 0.5) is 13.2 Å². The Morgan fingerprint density at radius 1 is 1.11 bits per heavy atom. The van der Waals surface area contributed by atoms with Crippen molar-refractivity contribution in [1.29, 1.82) is 0 Å². The second-order valence-electron chi connectivity index (χ2n) is 7.80. The lowest BCUT2D eigenvalue weighted by atomic mass is 9.95. The summed E-state index contributed by atoms with van der Waals surface area (Å²) in [7, 11) is 0. The van der Waals surface area contributed by atoms with E-state index in [0.717, 1.165) is 12.1 Å². The fourth-order valence-electron chi connectivity index (χ4n) is 4.41. The molecule has 28 heavy (non-hydrogen) atoms. The van der Waals surface area contributed by atoms with Gasteiger partial charge in [0.25, 0.3) is 0 Å². The minimum atomic E-state index is -0.972. The summed E-state index contributed by atoms with van der Waals surface area (Å²) in [5.74, 6) is -3.11. The number of nitrogens with zero attached hydrogens (tertiary/aromatic N) is 1. The summed E-state index contributed by atoms with van der Waals surface area (Å²) in [6.07, 6.45) is 1.22. The highest BCUT2D eigenvalue weighted by Crippen LogP contribution is 2.43. The molecule has 2 fully saturated rings. The molecular weight excluding hydrogens is 371 g/mol. The fourth-order valence-corrected chi connectivity index (χ4v) is 4.41. The maximum atomic E-state index is 13.8.